The second-order valence-corrected chi connectivity index (χ2v) is 8.78. The predicted octanol–water partition coefficient (Wildman–Crippen LogP) is 4.34. The summed E-state index contributed by atoms with van der Waals surface area (Å²) in [6, 6.07) is 8.91. The monoisotopic (exact) mass is 418 g/mol. The number of hydrogen-bond acceptors (Lipinski definition) is 4. The summed E-state index contributed by atoms with van der Waals surface area (Å²) in [6.07, 6.45) is 6.92. The smallest absolute Gasteiger partial charge is 0.261 e. The number of amides is 1. The normalized spacial score (nSPS) is 15.2. The molecule has 1 aromatic carbocycles. The van der Waals surface area contributed by atoms with Gasteiger partial charge in [-0.25, -0.2) is 4.98 Å². The second-order valence-electron chi connectivity index (χ2n) is 8.78. The molecule has 0 radical (unpaired) electrons. The lowest BCUT2D eigenvalue weighted by Gasteiger charge is -2.23. The van der Waals surface area contributed by atoms with E-state index in [0.717, 1.165) is 49.3 Å². The summed E-state index contributed by atoms with van der Waals surface area (Å²) in [4.78, 5) is 35.4. The van der Waals surface area contributed by atoms with Gasteiger partial charge in [-0.1, -0.05) is 32.8 Å². The zero-order valence-electron chi connectivity index (χ0n) is 18.5. The van der Waals surface area contributed by atoms with E-state index in [9.17, 15) is 9.59 Å². The van der Waals surface area contributed by atoms with Crippen LogP contribution < -0.4 is 10.9 Å². The molecule has 6 nitrogen and oxygen atoms in total. The van der Waals surface area contributed by atoms with Crippen LogP contribution in [-0.2, 0) is 13.0 Å². The lowest BCUT2D eigenvalue weighted by molar-refractivity contribution is 0.0924. The van der Waals surface area contributed by atoms with Gasteiger partial charge in [0.05, 0.1) is 22.6 Å². The second kappa shape index (κ2) is 9.00. The van der Waals surface area contributed by atoms with Crippen LogP contribution in [0.15, 0.2) is 41.3 Å². The van der Waals surface area contributed by atoms with Gasteiger partial charge in [-0.05, 0) is 55.5 Å². The fraction of sp³-hybridized carbons (Fsp3) is 0.440. The van der Waals surface area contributed by atoms with E-state index in [1.54, 1.807) is 24.4 Å². The molecule has 0 spiro atoms. The van der Waals surface area contributed by atoms with Gasteiger partial charge in [0, 0.05) is 24.7 Å². The van der Waals surface area contributed by atoms with E-state index in [0.29, 0.717) is 16.5 Å². The highest BCUT2D eigenvalue weighted by Gasteiger charge is 2.22. The number of benzene rings is 1. The predicted molar refractivity (Wildman–Crippen MR) is 122 cm³/mol. The number of nitrogens with zero attached hydrogens (tertiary/aromatic N) is 3. The van der Waals surface area contributed by atoms with Crippen molar-refractivity contribution in [2.24, 2.45) is 5.92 Å². The van der Waals surface area contributed by atoms with Crippen molar-refractivity contribution in [2.45, 2.75) is 65.5 Å². The third-order valence-electron chi connectivity index (χ3n) is 6.13. The SMILES string of the molecule is Cc1cccnc1C(NC(=O)c1ccc2c(=O)n3c(nc2c1)CCCCCC3)C(C)C. The van der Waals surface area contributed by atoms with Crippen LogP contribution in [0, 0.1) is 12.8 Å². The van der Waals surface area contributed by atoms with Gasteiger partial charge in [-0.15, -0.1) is 0 Å². The summed E-state index contributed by atoms with van der Waals surface area (Å²) in [7, 11) is 0. The molecule has 0 fully saturated rings. The Morgan fingerprint density at radius 1 is 1.13 bits per heavy atom. The maximum atomic E-state index is 13.1. The molecule has 162 valence electrons. The van der Waals surface area contributed by atoms with E-state index in [4.69, 9.17) is 4.98 Å². The average Bonchev–Trinajstić information content (AvgIpc) is 2.73. The highest BCUT2D eigenvalue weighted by Crippen LogP contribution is 2.24. The van der Waals surface area contributed by atoms with Crippen molar-refractivity contribution in [1.82, 2.24) is 19.9 Å². The van der Waals surface area contributed by atoms with Crippen LogP contribution in [0.5, 0.6) is 0 Å². The molecule has 1 unspecified atom stereocenters. The van der Waals surface area contributed by atoms with Crippen molar-refractivity contribution >= 4 is 16.8 Å². The van der Waals surface area contributed by atoms with E-state index < -0.39 is 0 Å². The number of carbonyl (C=O) groups is 1. The third kappa shape index (κ3) is 4.38. The molecular weight excluding hydrogens is 388 g/mol. The first-order valence-corrected chi connectivity index (χ1v) is 11.2. The number of hydrogen-bond donors (Lipinski definition) is 1. The summed E-state index contributed by atoms with van der Waals surface area (Å²) < 4.78 is 1.82. The molecule has 1 aliphatic rings. The molecule has 1 aliphatic heterocycles. The first kappa shape index (κ1) is 21.2. The van der Waals surface area contributed by atoms with Crippen molar-refractivity contribution in [2.75, 3.05) is 0 Å². The van der Waals surface area contributed by atoms with Crippen LogP contribution in [-0.4, -0.2) is 20.4 Å². The van der Waals surface area contributed by atoms with Gasteiger partial charge in [0.1, 0.15) is 5.82 Å². The molecule has 3 aromatic rings. The van der Waals surface area contributed by atoms with Gasteiger partial charge in [0.15, 0.2) is 0 Å². The van der Waals surface area contributed by atoms with Gasteiger partial charge in [0.25, 0.3) is 11.5 Å². The van der Waals surface area contributed by atoms with Crippen molar-refractivity contribution in [3.05, 3.63) is 69.5 Å². The summed E-state index contributed by atoms with van der Waals surface area (Å²) in [6.45, 7) is 6.86. The van der Waals surface area contributed by atoms with E-state index in [2.05, 4.69) is 24.1 Å². The average molecular weight is 419 g/mol. The molecule has 6 heteroatoms. The van der Waals surface area contributed by atoms with E-state index in [-0.39, 0.29) is 23.4 Å². The summed E-state index contributed by atoms with van der Waals surface area (Å²) >= 11 is 0. The standard InChI is InChI=1S/C25H30N4O2/c1-16(2)22(23-17(3)9-8-13-26-23)28-24(30)18-11-12-19-20(15-18)27-21-10-6-4-5-7-14-29(21)25(19)31/h8-9,11-13,15-16,22H,4-7,10,14H2,1-3H3,(H,28,30). The maximum absolute atomic E-state index is 13.1. The minimum absolute atomic E-state index is 0.00183. The Labute approximate surface area is 182 Å². The molecule has 1 N–H and O–H groups in total. The molecule has 1 amide bonds. The van der Waals surface area contributed by atoms with E-state index in [1.807, 2.05) is 23.6 Å². The minimum Gasteiger partial charge on any atom is -0.343 e. The maximum Gasteiger partial charge on any atom is 0.261 e. The molecule has 0 saturated heterocycles. The van der Waals surface area contributed by atoms with Crippen LogP contribution in [0.1, 0.15) is 73.0 Å². The fourth-order valence-electron chi connectivity index (χ4n) is 4.34. The van der Waals surface area contributed by atoms with Gasteiger partial charge in [0.2, 0.25) is 0 Å². The molecule has 0 saturated carbocycles. The molecule has 0 aliphatic carbocycles. The van der Waals surface area contributed by atoms with Gasteiger partial charge >= 0.3 is 0 Å². The molecule has 2 aromatic heterocycles. The van der Waals surface area contributed by atoms with Gasteiger partial charge < -0.3 is 5.32 Å². The Morgan fingerprint density at radius 2 is 1.94 bits per heavy atom. The molecule has 4 rings (SSSR count). The highest BCUT2D eigenvalue weighted by molar-refractivity contribution is 5.97. The van der Waals surface area contributed by atoms with E-state index in [1.165, 1.54) is 6.42 Å². The molecule has 1 atom stereocenters. The van der Waals surface area contributed by atoms with Gasteiger partial charge in [-0.3, -0.25) is 19.1 Å². The zero-order valence-corrected chi connectivity index (χ0v) is 18.5. The molecular formula is C25H30N4O2. The van der Waals surface area contributed by atoms with Crippen molar-refractivity contribution in [1.29, 1.82) is 0 Å². The number of rotatable bonds is 4. The summed E-state index contributed by atoms with van der Waals surface area (Å²) in [5.74, 6) is 0.832. The first-order chi connectivity index (χ1) is 15.0. The lowest BCUT2D eigenvalue weighted by atomic mass is 9.97. The Kier molecular flexibility index (Phi) is 6.16. The fourth-order valence-corrected chi connectivity index (χ4v) is 4.34. The summed E-state index contributed by atoms with van der Waals surface area (Å²) in [5.41, 5.74) is 3.03. The molecule has 0 bridgehead atoms. The number of aromatic nitrogens is 3. The lowest BCUT2D eigenvalue weighted by Crippen LogP contribution is -2.33. The van der Waals surface area contributed by atoms with Crippen LogP contribution in [0.2, 0.25) is 0 Å². The molecule has 3 heterocycles. The van der Waals surface area contributed by atoms with Crippen LogP contribution in [0.4, 0.5) is 0 Å². The number of pyridine rings is 1. The van der Waals surface area contributed by atoms with Crippen molar-refractivity contribution in [3.8, 4) is 0 Å². The Bertz CT molecular complexity index is 1170. The number of fused-ring (bicyclic) bond motifs is 2. The van der Waals surface area contributed by atoms with Crippen LogP contribution in [0.25, 0.3) is 10.9 Å². The first-order valence-electron chi connectivity index (χ1n) is 11.2. The Balaban J connectivity index is 1.67. The van der Waals surface area contributed by atoms with Crippen LogP contribution in [0.3, 0.4) is 0 Å². The quantitative estimate of drug-likeness (QED) is 0.684. The Hall–Kier alpha value is -3.02. The van der Waals surface area contributed by atoms with Gasteiger partial charge in [-0.2, -0.15) is 0 Å². The highest BCUT2D eigenvalue weighted by atomic mass is 16.1. The van der Waals surface area contributed by atoms with Crippen molar-refractivity contribution in [3.63, 3.8) is 0 Å². The molecule has 31 heavy (non-hydrogen) atoms. The number of carbonyl (C=O) groups excluding carboxylic acids is 1. The van der Waals surface area contributed by atoms with E-state index >= 15 is 0 Å². The van der Waals surface area contributed by atoms with Crippen LogP contribution >= 0.6 is 0 Å². The Morgan fingerprint density at radius 3 is 2.71 bits per heavy atom. The zero-order chi connectivity index (χ0) is 22.0. The third-order valence-corrected chi connectivity index (χ3v) is 6.13. The largest absolute Gasteiger partial charge is 0.343 e. The topological polar surface area (TPSA) is 76.9 Å². The van der Waals surface area contributed by atoms with Crippen molar-refractivity contribution < 1.29 is 4.79 Å². The minimum atomic E-state index is -0.196. The summed E-state index contributed by atoms with van der Waals surface area (Å²) in [5, 5.41) is 3.71. The number of nitrogens with one attached hydrogen (secondary N) is 1. The number of aryl methyl sites for hydroxylation is 2.